The predicted molar refractivity (Wildman–Crippen MR) is 580 cm³/mol. The maximum absolute atomic E-state index is 5.16. The molecule has 12 nitrogen and oxygen atoms in total. The molecule has 0 saturated heterocycles. The van der Waals surface area contributed by atoms with Crippen LogP contribution in [0.15, 0.2) is 510 Å². The average Bonchev–Trinajstić information content (AvgIpc) is 1.59. The van der Waals surface area contributed by atoms with Gasteiger partial charge < -0.3 is 13.7 Å². The zero-order valence-electron chi connectivity index (χ0n) is 76.4. The number of rotatable bonds is 15. The number of benzene rings is 15. The topological polar surface area (TPSA) is 131 Å². The summed E-state index contributed by atoms with van der Waals surface area (Å²) in [4.78, 5) is 43.6. The van der Waals surface area contributed by atoms with E-state index < -0.39 is 0 Å². The highest BCUT2D eigenvalue weighted by Crippen LogP contribution is 2.45. The van der Waals surface area contributed by atoms with Crippen LogP contribution in [0.2, 0.25) is 0 Å². The zero-order chi connectivity index (χ0) is 93.5. The first-order valence-electron chi connectivity index (χ1n) is 47.3. The van der Waals surface area contributed by atoms with Crippen LogP contribution in [0.3, 0.4) is 0 Å². The van der Waals surface area contributed by atoms with Crippen LogP contribution < -0.4 is 0 Å². The van der Waals surface area contributed by atoms with Gasteiger partial charge in [-0.2, -0.15) is 0 Å². The summed E-state index contributed by atoms with van der Waals surface area (Å²) in [6, 6.07) is 164. The van der Waals surface area contributed by atoms with Crippen molar-refractivity contribution in [2.45, 2.75) is 0 Å². The van der Waals surface area contributed by atoms with Gasteiger partial charge >= 0.3 is 0 Å². The minimum atomic E-state index is 0.846. The Bertz CT molecular complexity index is 9000. The van der Waals surface area contributed by atoms with E-state index in [2.05, 4.69) is 435 Å². The Balaban J connectivity index is 0.000000111. The van der Waals surface area contributed by atoms with Crippen LogP contribution >= 0.6 is 0 Å². The van der Waals surface area contributed by atoms with Gasteiger partial charge in [0.25, 0.3) is 0 Å². The molecule has 660 valence electrons. The first-order valence-corrected chi connectivity index (χ1v) is 47.3. The molecule has 12 aromatic heterocycles. The van der Waals surface area contributed by atoms with Crippen LogP contribution in [0.1, 0.15) is 0 Å². The van der Waals surface area contributed by atoms with Gasteiger partial charge in [0.1, 0.15) is 0 Å². The first-order chi connectivity index (χ1) is 69.9. The molecule has 0 bridgehead atoms. The fourth-order valence-corrected chi connectivity index (χ4v) is 20.1. The maximum atomic E-state index is 5.16. The molecule has 0 amide bonds. The predicted octanol–water partition coefficient (Wildman–Crippen LogP) is 32.4. The van der Waals surface area contributed by atoms with Crippen LogP contribution in [-0.2, 0) is 0 Å². The number of fused-ring (bicyclic) bond motifs is 12. The van der Waals surface area contributed by atoms with Gasteiger partial charge in [0, 0.05) is 132 Å². The summed E-state index contributed by atoms with van der Waals surface area (Å²) >= 11 is 0. The van der Waals surface area contributed by atoms with Crippen molar-refractivity contribution in [1.29, 1.82) is 0 Å². The number of hydrogen-bond donors (Lipinski definition) is 0. The van der Waals surface area contributed by atoms with E-state index in [9.17, 15) is 0 Å². The fourth-order valence-electron chi connectivity index (χ4n) is 20.1. The molecule has 0 saturated carbocycles. The minimum Gasteiger partial charge on any atom is -0.309 e. The summed E-state index contributed by atoms with van der Waals surface area (Å²) < 4.78 is 7.02. The van der Waals surface area contributed by atoms with Crippen molar-refractivity contribution >= 4 is 97.7 Å². The van der Waals surface area contributed by atoms with E-state index >= 15 is 0 Å². The van der Waals surface area contributed by atoms with Gasteiger partial charge in [0.2, 0.25) is 0 Å². The Labute approximate surface area is 813 Å². The Morgan fingerprint density at radius 3 is 0.965 bits per heavy atom. The van der Waals surface area contributed by atoms with Gasteiger partial charge in [0.05, 0.1) is 95.7 Å². The van der Waals surface area contributed by atoms with Gasteiger partial charge in [-0.15, -0.1) is 0 Å². The summed E-state index contributed by atoms with van der Waals surface area (Å²) in [5, 5.41) is 14.2. The Morgan fingerprint density at radius 1 is 0.156 bits per heavy atom. The van der Waals surface area contributed by atoms with Gasteiger partial charge in [-0.1, -0.05) is 315 Å². The van der Waals surface area contributed by atoms with Crippen LogP contribution in [-0.4, -0.2) is 58.6 Å². The van der Waals surface area contributed by atoms with Crippen LogP contribution in [0.5, 0.6) is 0 Å². The van der Waals surface area contributed by atoms with E-state index in [-0.39, 0.29) is 0 Å². The van der Waals surface area contributed by atoms with Crippen molar-refractivity contribution < 1.29 is 0 Å². The molecular formula is C129H84N12. The molecule has 12 heteroatoms. The van der Waals surface area contributed by atoms with Gasteiger partial charge in [0.15, 0.2) is 0 Å². The third-order valence-corrected chi connectivity index (χ3v) is 26.7. The Hall–Kier alpha value is -19.2. The second kappa shape index (κ2) is 36.6. The lowest BCUT2D eigenvalue weighted by Crippen LogP contribution is -1.95. The third-order valence-electron chi connectivity index (χ3n) is 26.7. The second-order valence-corrected chi connectivity index (χ2v) is 35.1. The molecule has 0 atom stereocenters. The fraction of sp³-hybridized carbons (Fsp3) is 0. The van der Waals surface area contributed by atoms with Crippen LogP contribution in [0, 0.1) is 0 Å². The highest BCUT2D eigenvalue weighted by atomic mass is 15.0. The molecule has 12 heterocycles. The quantitative estimate of drug-likeness (QED) is 0.0984. The first kappa shape index (κ1) is 83.6. The molecule has 27 aromatic rings. The molecule has 27 rings (SSSR count). The van der Waals surface area contributed by atoms with E-state index in [0.29, 0.717) is 0 Å². The van der Waals surface area contributed by atoms with Gasteiger partial charge in [-0.25, -0.2) is 15.0 Å². The number of aromatic nitrogens is 12. The summed E-state index contributed by atoms with van der Waals surface area (Å²) in [6.07, 6.45) is 13.1. The molecule has 0 unspecified atom stereocenters. The minimum absolute atomic E-state index is 0.846. The lowest BCUT2D eigenvalue weighted by molar-refractivity contribution is 1.17. The van der Waals surface area contributed by atoms with E-state index in [1.54, 1.807) is 6.20 Å². The number of hydrogen-bond acceptors (Lipinski definition) is 9. The van der Waals surface area contributed by atoms with E-state index in [1.807, 2.05) is 97.8 Å². The van der Waals surface area contributed by atoms with Crippen molar-refractivity contribution in [1.82, 2.24) is 58.6 Å². The monoisotopic (exact) mass is 1800 g/mol. The van der Waals surface area contributed by atoms with Gasteiger partial charge in [-0.3, -0.25) is 29.9 Å². The number of nitrogens with zero attached hydrogens (tertiary/aromatic N) is 12. The smallest absolute Gasteiger partial charge is 0.0899 e. The molecule has 0 aliphatic carbocycles. The highest BCUT2D eigenvalue weighted by molar-refractivity contribution is 6.18. The maximum Gasteiger partial charge on any atom is 0.0899 e. The lowest BCUT2D eigenvalue weighted by Gasteiger charge is -2.13. The Kier molecular flexibility index (Phi) is 21.7. The van der Waals surface area contributed by atoms with Crippen molar-refractivity contribution in [3.8, 4) is 152 Å². The lowest BCUT2D eigenvalue weighted by atomic mass is 9.96. The second-order valence-electron chi connectivity index (χ2n) is 35.1. The normalized spacial score (nSPS) is 11.4. The molecule has 0 radical (unpaired) electrons. The molecule has 0 aliphatic heterocycles. The summed E-state index contributed by atoms with van der Waals surface area (Å²) in [5.41, 5.74) is 34.4. The third kappa shape index (κ3) is 15.9. The molecule has 0 spiro atoms. The Morgan fingerprint density at radius 2 is 0.504 bits per heavy atom. The van der Waals surface area contributed by atoms with Crippen molar-refractivity contribution in [2.24, 2.45) is 0 Å². The van der Waals surface area contributed by atoms with Crippen molar-refractivity contribution in [3.05, 3.63) is 510 Å². The van der Waals surface area contributed by atoms with E-state index in [0.717, 1.165) is 196 Å². The molecule has 0 aliphatic rings. The highest BCUT2D eigenvalue weighted by Gasteiger charge is 2.24. The molecule has 0 fully saturated rings. The average molecular weight is 1800 g/mol. The van der Waals surface area contributed by atoms with Crippen LogP contribution in [0.4, 0.5) is 0 Å². The molecular weight excluding hydrogens is 1720 g/mol. The van der Waals surface area contributed by atoms with Crippen LogP contribution in [0.25, 0.3) is 250 Å². The van der Waals surface area contributed by atoms with Gasteiger partial charge in [-0.05, 0) is 217 Å². The van der Waals surface area contributed by atoms with E-state index in [1.165, 1.54) is 54.0 Å². The zero-order valence-corrected chi connectivity index (χ0v) is 76.4. The van der Waals surface area contributed by atoms with Crippen molar-refractivity contribution in [2.75, 3.05) is 0 Å². The number of pyridine rings is 9. The summed E-state index contributed by atoms with van der Waals surface area (Å²) in [7, 11) is 0. The summed E-state index contributed by atoms with van der Waals surface area (Å²) in [5.74, 6) is 0. The standard InChI is InChI=1S/3C43H28N4/c1-2-11-31(12-3-1)43-42-37-16-6-7-18-40(37)47(41(42)23-25-45-43)34-21-19-30(20-22-34)38-26-33(27-39(46-38)32-14-9-24-44-28-32)36-17-8-13-29-10-4-5-15-35(29)36;1-2-12-31(13-3-1)43-42-36-16-6-7-19-40(36)47(41(42)24-26-45-43)33-22-20-29(21-23-33)32-27-38(46-39(28-32)37-18-8-9-25-44-37)35-17-10-14-30-11-4-5-15-34(30)35;1-2-11-31(12-3-1)43-42-36-14-6-7-16-40(36)47(41(42)23-25-45-43)35-21-19-30(20-22-35)34-27-38(46-39(28-34)37-15-8-9-24-44-37)33-18-17-29-10-4-5-13-32(29)26-33/h3*1-28H. The summed E-state index contributed by atoms with van der Waals surface area (Å²) in [6.45, 7) is 0. The number of para-hydroxylation sites is 3. The largest absolute Gasteiger partial charge is 0.309 e. The molecule has 0 N–H and O–H groups in total. The molecule has 15 aromatic carbocycles. The SMILES string of the molecule is c1ccc(-c2nccc3c2c2ccccc2n3-c2ccc(-c3cc(-c4ccc5ccccc5c4)nc(-c4ccccn4)c3)cc2)cc1.c1ccc(-c2nccc3c2c2ccccc2n3-c2ccc(-c3cc(-c4cccc5ccccc45)cc(-c4cccnc4)n3)cc2)cc1.c1ccc(-c2nccc3c2c2ccccc2n3-c2ccc(-c3cc(-c4ccccn4)nc(-c4cccc5ccccc45)c3)cc2)cc1. The van der Waals surface area contributed by atoms with E-state index in [4.69, 9.17) is 29.9 Å². The van der Waals surface area contributed by atoms with Crippen molar-refractivity contribution in [3.63, 3.8) is 0 Å². The molecule has 141 heavy (non-hydrogen) atoms.